The molecule has 1 aromatic rings. The van der Waals surface area contributed by atoms with Crippen LogP contribution >= 0.6 is 0 Å². The van der Waals surface area contributed by atoms with Gasteiger partial charge in [-0.1, -0.05) is 35.4 Å². The summed E-state index contributed by atoms with van der Waals surface area (Å²) in [6, 6.07) is 9.30. The Balaban J connectivity index is 2.00. The molecule has 1 aliphatic rings. The fourth-order valence-corrected chi connectivity index (χ4v) is 2.16. The Bertz CT molecular complexity index is 555. The van der Waals surface area contributed by atoms with E-state index < -0.39 is 12.3 Å². The number of hydrogen-bond acceptors (Lipinski definition) is 4. The fourth-order valence-electron chi connectivity index (χ4n) is 2.16. The molecule has 2 rings (SSSR count). The Morgan fingerprint density at radius 3 is 2.86 bits per heavy atom. The molecule has 0 bridgehead atoms. The molecule has 21 heavy (non-hydrogen) atoms. The zero-order valence-electron chi connectivity index (χ0n) is 11.5. The number of rotatable bonds is 3. The molecule has 1 saturated heterocycles. The van der Waals surface area contributed by atoms with Crippen molar-refractivity contribution in [2.45, 2.75) is 32.0 Å². The molecule has 0 spiro atoms. The monoisotopic (exact) mass is 288 g/mol. The summed E-state index contributed by atoms with van der Waals surface area (Å²) in [6.45, 7) is 0.364. The van der Waals surface area contributed by atoms with Crippen LogP contribution in [0.25, 0.3) is 10.4 Å². The number of ketones is 1. The first-order chi connectivity index (χ1) is 10.2. The summed E-state index contributed by atoms with van der Waals surface area (Å²) in [5.41, 5.74) is 9.45. The summed E-state index contributed by atoms with van der Waals surface area (Å²) < 4.78 is 5.23. The summed E-state index contributed by atoms with van der Waals surface area (Å²) in [7, 11) is 0. The molecule has 1 fully saturated rings. The van der Waals surface area contributed by atoms with Crippen molar-refractivity contribution in [2.24, 2.45) is 5.11 Å². The van der Waals surface area contributed by atoms with Crippen LogP contribution in [0.1, 0.15) is 24.8 Å². The van der Waals surface area contributed by atoms with E-state index in [0.717, 1.165) is 5.56 Å². The molecule has 0 radical (unpaired) electrons. The number of ether oxygens (including phenoxy) is 1. The van der Waals surface area contributed by atoms with Crippen molar-refractivity contribution in [3.63, 3.8) is 0 Å². The van der Waals surface area contributed by atoms with Gasteiger partial charge in [0, 0.05) is 24.3 Å². The zero-order chi connectivity index (χ0) is 15.1. The van der Waals surface area contributed by atoms with Crippen molar-refractivity contribution in [2.75, 3.05) is 6.54 Å². The van der Waals surface area contributed by atoms with Gasteiger partial charge in [-0.3, -0.25) is 9.69 Å². The molecule has 0 saturated carbocycles. The second-order valence-electron chi connectivity index (χ2n) is 4.75. The Morgan fingerprint density at radius 2 is 2.14 bits per heavy atom. The number of carbonyl (C=O) groups is 2. The lowest BCUT2D eigenvalue weighted by Crippen LogP contribution is -2.39. The van der Waals surface area contributed by atoms with Gasteiger partial charge in [0.05, 0.1) is 0 Å². The van der Waals surface area contributed by atoms with Crippen LogP contribution in [0.2, 0.25) is 0 Å². The van der Waals surface area contributed by atoms with E-state index in [1.54, 1.807) is 0 Å². The predicted octanol–water partition coefficient (Wildman–Crippen LogP) is 3.01. The quantitative estimate of drug-likeness (QED) is 0.486. The van der Waals surface area contributed by atoms with Crippen LogP contribution in [0, 0.1) is 0 Å². The zero-order valence-corrected chi connectivity index (χ0v) is 11.5. The molecule has 7 heteroatoms. The van der Waals surface area contributed by atoms with Gasteiger partial charge >= 0.3 is 6.09 Å². The van der Waals surface area contributed by atoms with Crippen molar-refractivity contribution in [1.82, 2.24) is 4.90 Å². The topological polar surface area (TPSA) is 95.4 Å². The third-order valence-electron chi connectivity index (χ3n) is 3.30. The van der Waals surface area contributed by atoms with E-state index in [-0.39, 0.29) is 25.4 Å². The number of azide groups is 1. The summed E-state index contributed by atoms with van der Waals surface area (Å²) in [5.74, 6) is 0.0616. The largest absolute Gasteiger partial charge is 0.445 e. The molecule has 1 amide bonds. The molecule has 0 N–H and O–H groups in total. The van der Waals surface area contributed by atoms with Crippen molar-refractivity contribution in [3.05, 3.63) is 46.3 Å². The van der Waals surface area contributed by atoms with Gasteiger partial charge in [0.15, 0.2) is 0 Å². The van der Waals surface area contributed by atoms with Gasteiger partial charge in [-0.25, -0.2) is 4.79 Å². The summed E-state index contributed by atoms with van der Waals surface area (Å²) >= 11 is 0. The molecule has 1 aliphatic heterocycles. The lowest BCUT2D eigenvalue weighted by molar-refractivity contribution is -0.118. The van der Waals surface area contributed by atoms with E-state index in [0.29, 0.717) is 12.8 Å². The van der Waals surface area contributed by atoms with Gasteiger partial charge in [0.1, 0.15) is 18.6 Å². The number of carbonyl (C=O) groups excluding carboxylic acids is 2. The molecule has 1 aromatic carbocycles. The Hall–Kier alpha value is -2.53. The minimum Gasteiger partial charge on any atom is -0.445 e. The standard InChI is InChI=1S/C14H16N4O3/c15-17-16-13-7-6-12(19)8-9-18(13)14(20)21-10-11-4-2-1-3-5-11/h1-5,13H,6-10H2. The van der Waals surface area contributed by atoms with Gasteiger partial charge in [-0.2, -0.15) is 0 Å². The van der Waals surface area contributed by atoms with E-state index in [9.17, 15) is 9.59 Å². The van der Waals surface area contributed by atoms with Crippen LogP contribution in [-0.2, 0) is 16.1 Å². The summed E-state index contributed by atoms with van der Waals surface area (Å²) in [6.07, 6.45) is -0.316. The minimum atomic E-state index is -0.662. The first kappa shape index (κ1) is 14.9. The molecular weight excluding hydrogens is 272 g/mol. The average molecular weight is 288 g/mol. The van der Waals surface area contributed by atoms with Crippen LogP contribution in [0.5, 0.6) is 0 Å². The Labute approximate surface area is 122 Å². The smallest absolute Gasteiger partial charge is 0.410 e. The van der Waals surface area contributed by atoms with Gasteiger partial charge < -0.3 is 4.74 Å². The Kier molecular flexibility index (Phi) is 5.17. The first-order valence-electron chi connectivity index (χ1n) is 6.74. The van der Waals surface area contributed by atoms with Crippen molar-refractivity contribution < 1.29 is 14.3 Å². The highest BCUT2D eigenvalue weighted by Gasteiger charge is 2.28. The van der Waals surface area contributed by atoms with Crippen molar-refractivity contribution in [1.29, 1.82) is 0 Å². The lowest BCUT2D eigenvalue weighted by Gasteiger charge is -2.25. The van der Waals surface area contributed by atoms with E-state index >= 15 is 0 Å². The molecule has 0 aliphatic carbocycles. The van der Waals surface area contributed by atoms with Crippen molar-refractivity contribution >= 4 is 11.9 Å². The number of hydrogen-bond donors (Lipinski definition) is 0. The number of benzene rings is 1. The average Bonchev–Trinajstić information content (AvgIpc) is 2.69. The van der Waals surface area contributed by atoms with Crippen LogP contribution in [0.15, 0.2) is 35.4 Å². The predicted molar refractivity (Wildman–Crippen MR) is 75.1 cm³/mol. The molecule has 110 valence electrons. The molecular formula is C14H16N4O3. The highest BCUT2D eigenvalue weighted by molar-refractivity contribution is 5.80. The number of likely N-dealkylation sites (tertiary alicyclic amines) is 1. The van der Waals surface area contributed by atoms with E-state index in [2.05, 4.69) is 10.0 Å². The summed E-state index contributed by atoms with van der Waals surface area (Å²) in [5, 5.41) is 3.59. The highest BCUT2D eigenvalue weighted by Crippen LogP contribution is 2.17. The van der Waals surface area contributed by atoms with Gasteiger partial charge in [-0.05, 0) is 17.5 Å². The molecule has 1 heterocycles. The normalized spacial score (nSPS) is 18.6. The van der Waals surface area contributed by atoms with Crippen LogP contribution < -0.4 is 0 Å². The molecule has 1 unspecified atom stereocenters. The van der Waals surface area contributed by atoms with Crippen molar-refractivity contribution in [3.8, 4) is 0 Å². The highest BCUT2D eigenvalue weighted by atomic mass is 16.6. The SMILES string of the molecule is [N-]=[N+]=NC1CCC(=O)CCN1C(=O)OCc1ccccc1. The third kappa shape index (κ3) is 4.22. The summed E-state index contributed by atoms with van der Waals surface area (Å²) in [4.78, 5) is 27.7. The van der Waals surface area contributed by atoms with Crippen LogP contribution in [-0.4, -0.2) is 29.5 Å². The maximum Gasteiger partial charge on any atom is 0.410 e. The second kappa shape index (κ2) is 7.31. The first-order valence-corrected chi connectivity index (χ1v) is 6.74. The molecule has 1 atom stereocenters. The molecule has 7 nitrogen and oxygen atoms in total. The maximum absolute atomic E-state index is 12.1. The lowest BCUT2D eigenvalue weighted by atomic mass is 10.2. The van der Waals surface area contributed by atoms with Gasteiger partial charge in [0.2, 0.25) is 0 Å². The van der Waals surface area contributed by atoms with Crippen LogP contribution in [0.4, 0.5) is 4.79 Å². The number of amides is 1. The molecule has 0 aromatic heterocycles. The maximum atomic E-state index is 12.1. The third-order valence-corrected chi connectivity index (χ3v) is 3.30. The number of Topliss-reactive ketones (excluding diaryl/α,β-unsaturated/α-hetero) is 1. The Morgan fingerprint density at radius 1 is 1.38 bits per heavy atom. The van der Waals surface area contributed by atoms with Gasteiger partial charge in [-0.15, -0.1) is 0 Å². The van der Waals surface area contributed by atoms with E-state index in [4.69, 9.17) is 10.3 Å². The minimum absolute atomic E-state index is 0.0616. The second-order valence-corrected chi connectivity index (χ2v) is 4.75. The van der Waals surface area contributed by atoms with Crippen LogP contribution in [0.3, 0.4) is 0 Å². The van der Waals surface area contributed by atoms with E-state index in [1.807, 2.05) is 30.3 Å². The van der Waals surface area contributed by atoms with Gasteiger partial charge in [0.25, 0.3) is 0 Å². The fraction of sp³-hybridized carbons (Fsp3) is 0.429. The number of nitrogens with zero attached hydrogens (tertiary/aromatic N) is 4. The van der Waals surface area contributed by atoms with E-state index in [1.165, 1.54) is 4.90 Å².